The van der Waals surface area contributed by atoms with Crippen molar-refractivity contribution in [3.63, 3.8) is 0 Å². The largest absolute Gasteiger partial charge is 0.369 e. The van der Waals surface area contributed by atoms with Gasteiger partial charge in [-0.1, -0.05) is 28.1 Å². The van der Waals surface area contributed by atoms with E-state index in [0.29, 0.717) is 23.7 Å². The van der Waals surface area contributed by atoms with E-state index in [1.807, 2.05) is 49.4 Å². The molecule has 1 fully saturated rings. The van der Waals surface area contributed by atoms with Crippen LogP contribution in [0.5, 0.6) is 0 Å². The van der Waals surface area contributed by atoms with E-state index in [1.54, 1.807) is 10.8 Å². The number of pyridine rings is 1. The molecule has 0 spiro atoms. The van der Waals surface area contributed by atoms with E-state index in [2.05, 4.69) is 60.2 Å². The van der Waals surface area contributed by atoms with Crippen molar-refractivity contribution in [1.82, 2.24) is 19.4 Å². The smallest absolute Gasteiger partial charge is 0.260 e. The van der Waals surface area contributed by atoms with Gasteiger partial charge in [-0.15, -0.1) is 0 Å². The van der Waals surface area contributed by atoms with Gasteiger partial charge in [0.05, 0.1) is 0 Å². The Hall–Kier alpha value is -3.23. The molecule has 2 aromatic carbocycles. The molecule has 34 heavy (non-hydrogen) atoms. The maximum absolute atomic E-state index is 13.2. The zero-order chi connectivity index (χ0) is 23.7. The normalized spacial score (nSPS) is 14.5. The summed E-state index contributed by atoms with van der Waals surface area (Å²) in [4.78, 5) is 27.2. The molecule has 0 saturated carbocycles. The predicted octanol–water partition coefficient (Wildman–Crippen LogP) is 4.74. The molecule has 0 bridgehead atoms. The molecular weight excluding hydrogens is 492 g/mol. The standard InChI is InChI=1S/C26H27BrN6O/c1-3-33-24-19(16-23(25(33)34)18-4-6-20(27)7-5-18)17-28-26(30-24)29-21-8-10-22(11-9-21)32-14-12-31(2)13-15-32/h4-11,16-17H,3,12-15H2,1-2H3,(H,28,29,30). The van der Waals surface area contributed by atoms with Gasteiger partial charge in [-0.25, -0.2) is 4.98 Å². The summed E-state index contributed by atoms with van der Waals surface area (Å²) in [5.74, 6) is 0.470. The average molecular weight is 519 g/mol. The molecule has 5 rings (SSSR count). The van der Waals surface area contributed by atoms with Crippen molar-refractivity contribution in [1.29, 1.82) is 0 Å². The van der Waals surface area contributed by atoms with Crippen LogP contribution in [-0.2, 0) is 6.54 Å². The third-order valence-corrected chi connectivity index (χ3v) is 6.82. The highest BCUT2D eigenvalue weighted by Crippen LogP contribution is 2.24. The van der Waals surface area contributed by atoms with Gasteiger partial charge in [-0.05, 0) is 62.0 Å². The van der Waals surface area contributed by atoms with Gasteiger partial charge in [0, 0.05) is 65.7 Å². The van der Waals surface area contributed by atoms with Crippen LogP contribution in [0.2, 0.25) is 0 Å². The number of nitrogens with zero attached hydrogens (tertiary/aromatic N) is 5. The number of rotatable bonds is 5. The highest BCUT2D eigenvalue weighted by molar-refractivity contribution is 9.10. The van der Waals surface area contributed by atoms with Crippen LogP contribution in [-0.4, -0.2) is 52.7 Å². The molecule has 1 saturated heterocycles. The van der Waals surface area contributed by atoms with Crippen LogP contribution in [0.3, 0.4) is 0 Å². The molecule has 1 aliphatic rings. The van der Waals surface area contributed by atoms with Crippen molar-refractivity contribution in [2.75, 3.05) is 43.4 Å². The first-order valence-corrected chi connectivity index (χ1v) is 12.3. The fourth-order valence-corrected chi connectivity index (χ4v) is 4.56. The number of aryl methyl sites for hydroxylation is 1. The van der Waals surface area contributed by atoms with Crippen molar-refractivity contribution < 1.29 is 0 Å². The Labute approximate surface area is 207 Å². The maximum atomic E-state index is 13.2. The van der Waals surface area contributed by atoms with Crippen LogP contribution < -0.4 is 15.8 Å². The summed E-state index contributed by atoms with van der Waals surface area (Å²) in [6, 6.07) is 18.0. The Bertz CT molecular complexity index is 1360. The Morgan fingerprint density at radius 2 is 1.71 bits per heavy atom. The summed E-state index contributed by atoms with van der Waals surface area (Å²) >= 11 is 3.45. The zero-order valence-corrected chi connectivity index (χ0v) is 20.9. The summed E-state index contributed by atoms with van der Waals surface area (Å²) in [6.45, 7) is 6.71. The average Bonchev–Trinajstić information content (AvgIpc) is 2.85. The molecular formula is C26H27BrN6O. The Morgan fingerprint density at radius 3 is 2.38 bits per heavy atom. The molecule has 3 heterocycles. The highest BCUT2D eigenvalue weighted by Gasteiger charge is 2.15. The quantitative estimate of drug-likeness (QED) is 0.411. The molecule has 0 atom stereocenters. The van der Waals surface area contributed by atoms with Gasteiger partial charge in [0.15, 0.2) is 0 Å². The first-order valence-electron chi connectivity index (χ1n) is 11.5. The molecule has 174 valence electrons. The van der Waals surface area contributed by atoms with Gasteiger partial charge in [-0.2, -0.15) is 4.98 Å². The maximum Gasteiger partial charge on any atom is 0.260 e. The fraction of sp³-hybridized carbons (Fsp3) is 0.269. The molecule has 0 amide bonds. The summed E-state index contributed by atoms with van der Waals surface area (Å²) in [7, 11) is 2.16. The minimum atomic E-state index is -0.0569. The van der Waals surface area contributed by atoms with E-state index in [9.17, 15) is 4.79 Å². The van der Waals surface area contributed by atoms with E-state index < -0.39 is 0 Å². The first kappa shape index (κ1) is 22.6. The van der Waals surface area contributed by atoms with E-state index in [4.69, 9.17) is 0 Å². The lowest BCUT2D eigenvalue weighted by Gasteiger charge is -2.34. The Balaban J connectivity index is 1.42. The van der Waals surface area contributed by atoms with Crippen LogP contribution in [0.4, 0.5) is 17.3 Å². The summed E-state index contributed by atoms with van der Waals surface area (Å²) in [5, 5.41) is 4.12. The number of hydrogen-bond donors (Lipinski definition) is 1. The Morgan fingerprint density at radius 1 is 1.00 bits per heavy atom. The van der Waals surface area contributed by atoms with Crippen molar-refractivity contribution in [3.8, 4) is 11.1 Å². The van der Waals surface area contributed by atoms with Crippen LogP contribution in [0, 0.1) is 0 Å². The van der Waals surface area contributed by atoms with Crippen LogP contribution >= 0.6 is 15.9 Å². The molecule has 0 aliphatic carbocycles. The number of piperazine rings is 1. The predicted molar refractivity (Wildman–Crippen MR) is 142 cm³/mol. The van der Waals surface area contributed by atoms with Gasteiger partial charge in [0.2, 0.25) is 5.95 Å². The molecule has 2 aromatic heterocycles. The number of anilines is 3. The lowest BCUT2D eigenvalue weighted by Crippen LogP contribution is -2.44. The van der Waals surface area contributed by atoms with Crippen molar-refractivity contribution in [2.45, 2.75) is 13.5 Å². The molecule has 7 nitrogen and oxygen atoms in total. The second kappa shape index (κ2) is 9.56. The minimum absolute atomic E-state index is 0.0569. The molecule has 0 radical (unpaired) electrons. The van der Waals surface area contributed by atoms with Crippen LogP contribution in [0.25, 0.3) is 22.2 Å². The second-order valence-electron chi connectivity index (χ2n) is 8.55. The number of halogens is 1. The van der Waals surface area contributed by atoms with Crippen molar-refractivity contribution >= 4 is 44.3 Å². The summed E-state index contributed by atoms with van der Waals surface area (Å²) in [5.41, 5.74) is 4.22. The topological polar surface area (TPSA) is 66.3 Å². The number of fused-ring (bicyclic) bond motifs is 1. The number of nitrogens with one attached hydrogen (secondary N) is 1. The number of likely N-dealkylation sites (N-methyl/N-ethyl adjacent to an activating group) is 1. The number of hydrogen-bond acceptors (Lipinski definition) is 6. The summed E-state index contributed by atoms with van der Waals surface area (Å²) < 4.78 is 2.68. The zero-order valence-electron chi connectivity index (χ0n) is 19.3. The molecule has 0 unspecified atom stereocenters. The van der Waals surface area contributed by atoms with Gasteiger partial charge >= 0.3 is 0 Å². The fourth-order valence-electron chi connectivity index (χ4n) is 4.30. The lowest BCUT2D eigenvalue weighted by molar-refractivity contribution is 0.313. The number of benzene rings is 2. The SMILES string of the molecule is CCn1c(=O)c(-c2ccc(Br)cc2)cc2cnc(Nc3ccc(N4CCN(C)CC4)cc3)nc21. The van der Waals surface area contributed by atoms with E-state index >= 15 is 0 Å². The monoisotopic (exact) mass is 518 g/mol. The van der Waals surface area contributed by atoms with Crippen LogP contribution in [0.15, 0.2) is 70.1 Å². The van der Waals surface area contributed by atoms with Gasteiger partial charge in [0.25, 0.3) is 5.56 Å². The first-order chi connectivity index (χ1) is 16.5. The molecule has 1 aliphatic heterocycles. The second-order valence-corrected chi connectivity index (χ2v) is 9.46. The van der Waals surface area contributed by atoms with E-state index in [-0.39, 0.29) is 5.56 Å². The third-order valence-electron chi connectivity index (χ3n) is 6.29. The van der Waals surface area contributed by atoms with Gasteiger partial charge in [-0.3, -0.25) is 9.36 Å². The van der Waals surface area contributed by atoms with Gasteiger partial charge < -0.3 is 15.1 Å². The third kappa shape index (κ3) is 4.56. The molecule has 4 aromatic rings. The van der Waals surface area contributed by atoms with E-state index in [1.165, 1.54) is 5.69 Å². The Kier molecular flexibility index (Phi) is 6.34. The minimum Gasteiger partial charge on any atom is -0.369 e. The molecule has 1 N–H and O–H groups in total. The van der Waals surface area contributed by atoms with Crippen LogP contribution in [0.1, 0.15) is 6.92 Å². The highest BCUT2D eigenvalue weighted by atomic mass is 79.9. The summed E-state index contributed by atoms with van der Waals surface area (Å²) in [6.07, 6.45) is 1.78. The van der Waals surface area contributed by atoms with Crippen molar-refractivity contribution in [2.24, 2.45) is 0 Å². The number of aromatic nitrogens is 3. The molecule has 8 heteroatoms. The van der Waals surface area contributed by atoms with Crippen molar-refractivity contribution in [3.05, 3.63) is 75.6 Å². The van der Waals surface area contributed by atoms with Gasteiger partial charge in [0.1, 0.15) is 5.65 Å². The van der Waals surface area contributed by atoms with E-state index in [0.717, 1.165) is 47.3 Å². The lowest BCUT2D eigenvalue weighted by atomic mass is 10.1.